The average Bonchev–Trinajstić information content (AvgIpc) is 3.49. The highest BCUT2D eigenvalue weighted by molar-refractivity contribution is 5.92. The molecule has 1 fully saturated rings. The standard InChI is InChI=1S/C21H25F3N6O2.C6H10F2/c1-12(2)19(29-18(31)6-8-21(22,23)24)13-4-5-14-15(10-13)28-17(27-14)11-25-20(32)16-7-9-26-30(16)3;7-6(8)4-2-1-3-5-6/h4-5,7,9-10,12,19H,6,8,11H2,1-3H3,(H,25,32)(H,27,28)(H,29,31);1-5H2. The van der Waals surface area contributed by atoms with E-state index in [1.807, 2.05) is 19.9 Å². The zero-order valence-electron chi connectivity index (χ0n) is 22.7. The number of alkyl halides is 5. The largest absolute Gasteiger partial charge is 0.389 e. The zero-order valence-corrected chi connectivity index (χ0v) is 22.7. The Balaban J connectivity index is 0.000000472. The van der Waals surface area contributed by atoms with E-state index in [1.54, 1.807) is 25.2 Å². The third kappa shape index (κ3) is 9.30. The number of carbonyl (C=O) groups is 2. The Bertz CT molecular complexity index is 1280. The Morgan fingerprint density at radius 1 is 1.12 bits per heavy atom. The molecule has 8 nitrogen and oxygen atoms in total. The van der Waals surface area contributed by atoms with Crippen molar-refractivity contribution in [2.45, 2.75) is 83.5 Å². The van der Waals surface area contributed by atoms with Crippen LogP contribution >= 0.6 is 0 Å². The fourth-order valence-electron chi connectivity index (χ4n) is 4.41. The van der Waals surface area contributed by atoms with Crippen molar-refractivity contribution in [3.05, 3.63) is 47.5 Å². The van der Waals surface area contributed by atoms with E-state index in [-0.39, 0.29) is 31.2 Å². The van der Waals surface area contributed by atoms with E-state index in [4.69, 9.17) is 0 Å². The third-order valence-electron chi connectivity index (χ3n) is 6.59. The Labute approximate surface area is 229 Å². The number of hydrogen-bond acceptors (Lipinski definition) is 4. The summed E-state index contributed by atoms with van der Waals surface area (Å²) in [6.07, 6.45) is -1.95. The number of imidazole rings is 1. The van der Waals surface area contributed by atoms with E-state index in [1.165, 1.54) is 10.9 Å². The predicted molar refractivity (Wildman–Crippen MR) is 140 cm³/mol. The summed E-state index contributed by atoms with van der Waals surface area (Å²) in [5, 5.41) is 9.43. The summed E-state index contributed by atoms with van der Waals surface area (Å²) in [7, 11) is 1.67. The van der Waals surface area contributed by atoms with Gasteiger partial charge in [0.15, 0.2) is 0 Å². The molecule has 2 aromatic heterocycles. The number of amides is 2. The fraction of sp³-hybridized carbons (Fsp3) is 0.556. The molecule has 2 heterocycles. The van der Waals surface area contributed by atoms with Crippen molar-refractivity contribution in [1.82, 2.24) is 30.4 Å². The monoisotopic (exact) mass is 570 g/mol. The van der Waals surface area contributed by atoms with E-state index in [9.17, 15) is 31.5 Å². The Morgan fingerprint density at radius 3 is 2.38 bits per heavy atom. The number of halogens is 5. The molecule has 0 aliphatic heterocycles. The molecular formula is C27H35F5N6O2. The summed E-state index contributed by atoms with van der Waals surface area (Å²) in [5.41, 5.74) is 2.54. The summed E-state index contributed by atoms with van der Waals surface area (Å²) in [6, 6.07) is 6.52. The summed E-state index contributed by atoms with van der Waals surface area (Å²) in [4.78, 5) is 31.8. The maximum Gasteiger partial charge on any atom is 0.389 e. The van der Waals surface area contributed by atoms with Crippen LogP contribution in [0.15, 0.2) is 30.5 Å². The van der Waals surface area contributed by atoms with Crippen LogP contribution in [0.4, 0.5) is 22.0 Å². The van der Waals surface area contributed by atoms with Gasteiger partial charge in [0.05, 0.1) is 30.0 Å². The van der Waals surface area contributed by atoms with Crippen molar-refractivity contribution in [3.63, 3.8) is 0 Å². The normalized spacial score (nSPS) is 15.8. The molecule has 0 bridgehead atoms. The zero-order chi connectivity index (χ0) is 29.5. The van der Waals surface area contributed by atoms with E-state index in [0.29, 0.717) is 35.4 Å². The maximum absolute atomic E-state index is 12.4. The average molecular weight is 571 g/mol. The van der Waals surface area contributed by atoms with Crippen LogP contribution in [-0.4, -0.2) is 43.7 Å². The van der Waals surface area contributed by atoms with Gasteiger partial charge in [0.2, 0.25) is 11.8 Å². The van der Waals surface area contributed by atoms with Gasteiger partial charge >= 0.3 is 6.18 Å². The SMILES string of the molecule is CC(C)C(NC(=O)CCC(F)(F)F)c1ccc2nc(CNC(=O)c3ccnn3C)[nH]c2c1.FC1(F)CCCCC1. The lowest BCUT2D eigenvalue weighted by Crippen LogP contribution is -2.32. The number of carbonyl (C=O) groups excluding carboxylic acids is 2. The molecule has 40 heavy (non-hydrogen) atoms. The van der Waals surface area contributed by atoms with Gasteiger partial charge in [-0.25, -0.2) is 13.8 Å². The molecule has 13 heteroatoms. The number of aromatic nitrogens is 4. The van der Waals surface area contributed by atoms with Gasteiger partial charge in [-0.3, -0.25) is 14.3 Å². The molecule has 2 amide bonds. The van der Waals surface area contributed by atoms with Crippen LogP contribution < -0.4 is 10.6 Å². The molecule has 0 radical (unpaired) electrons. The summed E-state index contributed by atoms with van der Waals surface area (Å²) in [6.45, 7) is 3.94. The van der Waals surface area contributed by atoms with E-state index < -0.39 is 36.9 Å². The van der Waals surface area contributed by atoms with Gasteiger partial charge in [0.1, 0.15) is 11.5 Å². The van der Waals surface area contributed by atoms with Crippen molar-refractivity contribution in [2.75, 3.05) is 0 Å². The smallest absolute Gasteiger partial charge is 0.349 e. The lowest BCUT2D eigenvalue weighted by atomic mass is 9.95. The molecule has 1 aliphatic rings. The fourth-order valence-corrected chi connectivity index (χ4v) is 4.41. The number of aryl methyl sites for hydroxylation is 1. The molecule has 220 valence electrons. The molecule has 1 aliphatic carbocycles. The molecule has 1 unspecified atom stereocenters. The lowest BCUT2D eigenvalue weighted by molar-refractivity contribution is -0.144. The number of aromatic amines is 1. The lowest BCUT2D eigenvalue weighted by Gasteiger charge is -2.23. The molecule has 0 spiro atoms. The first-order valence-electron chi connectivity index (χ1n) is 13.2. The van der Waals surface area contributed by atoms with Crippen LogP contribution in [0.1, 0.15) is 86.7 Å². The number of H-pyrrole nitrogens is 1. The van der Waals surface area contributed by atoms with Crippen molar-refractivity contribution >= 4 is 22.8 Å². The van der Waals surface area contributed by atoms with Gasteiger partial charge in [-0.1, -0.05) is 26.3 Å². The van der Waals surface area contributed by atoms with E-state index in [2.05, 4.69) is 25.7 Å². The highest BCUT2D eigenvalue weighted by Gasteiger charge is 2.30. The minimum absolute atomic E-state index is 0.0390. The summed E-state index contributed by atoms with van der Waals surface area (Å²) in [5.74, 6) is -2.75. The Morgan fingerprint density at radius 2 is 1.82 bits per heavy atom. The number of nitrogens with one attached hydrogen (secondary N) is 3. The number of nitrogens with zero attached hydrogens (tertiary/aromatic N) is 3. The van der Waals surface area contributed by atoms with Crippen LogP contribution in [-0.2, 0) is 18.4 Å². The van der Waals surface area contributed by atoms with Crippen molar-refractivity contribution in [2.24, 2.45) is 13.0 Å². The molecule has 3 aromatic rings. The molecular weight excluding hydrogens is 535 g/mol. The molecule has 1 saturated carbocycles. The second-order valence-electron chi connectivity index (χ2n) is 10.3. The predicted octanol–water partition coefficient (Wildman–Crippen LogP) is 5.97. The molecule has 4 rings (SSSR count). The van der Waals surface area contributed by atoms with Gasteiger partial charge in [-0.15, -0.1) is 0 Å². The van der Waals surface area contributed by atoms with Crippen molar-refractivity contribution in [3.8, 4) is 0 Å². The Hall–Kier alpha value is -3.51. The number of rotatable bonds is 8. The van der Waals surface area contributed by atoms with Crippen LogP contribution in [0.25, 0.3) is 11.0 Å². The van der Waals surface area contributed by atoms with E-state index >= 15 is 0 Å². The van der Waals surface area contributed by atoms with Gasteiger partial charge in [-0.05, 0) is 42.5 Å². The quantitative estimate of drug-likeness (QED) is 0.290. The topological polar surface area (TPSA) is 105 Å². The highest BCUT2D eigenvalue weighted by atomic mass is 19.4. The minimum Gasteiger partial charge on any atom is -0.349 e. The van der Waals surface area contributed by atoms with Gasteiger partial charge in [0.25, 0.3) is 5.91 Å². The molecule has 1 atom stereocenters. The van der Waals surface area contributed by atoms with Gasteiger partial charge < -0.3 is 15.6 Å². The highest BCUT2D eigenvalue weighted by Crippen LogP contribution is 2.32. The summed E-state index contributed by atoms with van der Waals surface area (Å²) >= 11 is 0. The van der Waals surface area contributed by atoms with Crippen molar-refractivity contribution in [1.29, 1.82) is 0 Å². The molecule has 0 saturated heterocycles. The first kappa shape index (κ1) is 31.0. The van der Waals surface area contributed by atoms with E-state index in [0.717, 1.165) is 12.0 Å². The van der Waals surface area contributed by atoms with Crippen LogP contribution in [0.2, 0.25) is 0 Å². The first-order chi connectivity index (χ1) is 18.7. The van der Waals surface area contributed by atoms with Gasteiger partial charge in [0, 0.05) is 32.5 Å². The third-order valence-corrected chi connectivity index (χ3v) is 6.59. The van der Waals surface area contributed by atoms with Crippen molar-refractivity contribution < 1.29 is 31.5 Å². The molecule has 1 aromatic carbocycles. The second kappa shape index (κ2) is 13.2. The van der Waals surface area contributed by atoms with Crippen LogP contribution in [0, 0.1) is 5.92 Å². The number of fused-ring (bicyclic) bond motifs is 1. The van der Waals surface area contributed by atoms with Gasteiger partial charge in [-0.2, -0.15) is 18.3 Å². The first-order valence-corrected chi connectivity index (χ1v) is 13.2. The number of benzene rings is 1. The maximum atomic E-state index is 12.4. The Kier molecular flexibility index (Phi) is 10.3. The second-order valence-corrected chi connectivity index (χ2v) is 10.3. The van der Waals surface area contributed by atoms with Crippen LogP contribution in [0.5, 0.6) is 0 Å². The van der Waals surface area contributed by atoms with Crippen LogP contribution in [0.3, 0.4) is 0 Å². The summed E-state index contributed by atoms with van der Waals surface area (Å²) < 4.78 is 63.1. The minimum atomic E-state index is -4.37. The number of hydrogen-bond donors (Lipinski definition) is 3. The molecule has 3 N–H and O–H groups in total.